The summed E-state index contributed by atoms with van der Waals surface area (Å²) in [6.07, 6.45) is 1.37. The molecule has 28 heavy (non-hydrogen) atoms. The van der Waals surface area contributed by atoms with E-state index in [0.717, 1.165) is 16.1 Å². The number of rotatable bonds is 5. The zero-order chi connectivity index (χ0) is 19.7. The second-order valence-electron chi connectivity index (χ2n) is 6.23. The first-order chi connectivity index (χ1) is 13.6. The second-order valence-corrected chi connectivity index (χ2v) is 8.15. The van der Waals surface area contributed by atoms with Crippen LogP contribution in [0.2, 0.25) is 0 Å². The summed E-state index contributed by atoms with van der Waals surface area (Å²) in [7, 11) is 0. The molecule has 6 nitrogen and oxygen atoms in total. The summed E-state index contributed by atoms with van der Waals surface area (Å²) >= 11 is 2.71. The van der Waals surface area contributed by atoms with Gasteiger partial charge >= 0.3 is 0 Å². The first kappa shape index (κ1) is 18.2. The van der Waals surface area contributed by atoms with Gasteiger partial charge in [0.2, 0.25) is 0 Å². The molecule has 0 saturated carbocycles. The van der Waals surface area contributed by atoms with E-state index in [9.17, 15) is 14.9 Å². The Hall–Kier alpha value is -3.15. The number of aryl methyl sites for hydroxylation is 1. The van der Waals surface area contributed by atoms with Gasteiger partial charge in [-0.3, -0.25) is 14.2 Å². The Morgan fingerprint density at radius 3 is 2.79 bits per heavy atom. The number of fused-ring (bicyclic) bond motifs is 1. The monoisotopic (exact) mass is 406 g/mol. The molecule has 0 spiro atoms. The zero-order valence-corrected chi connectivity index (χ0v) is 16.5. The predicted octanol–water partition coefficient (Wildman–Crippen LogP) is 3.77. The van der Waals surface area contributed by atoms with Crippen LogP contribution in [0.3, 0.4) is 0 Å². The maximum Gasteiger partial charge on any atom is 0.262 e. The predicted molar refractivity (Wildman–Crippen MR) is 110 cm³/mol. The lowest BCUT2D eigenvalue weighted by Crippen LogP contribution is -2.26. The Labute approximate surface area is 168 Å². The molecule has 0 saturated heterocycles. The third kappa shape index (κ3) is 3.38. The lowest BCUT2D eigenvalue weighted by Gasteiger charge is -2.07. The van der Waals surface area contributed by atoms with Gasteiger partial charge in [0.25, 0.3) is 5.56 Å². The summed E-state index contributed by atoms with van der Waals surface area (Å²) < 4.78 is 1.26. The van der Waals surface area contributed by atoms with Crippen LogP contribution in [0, 0.1) is 18.3 Å². The lowest BCUT2D eigenvalue weighted by molar-refractivity contribution is -0.120. The minimum atomic E-state index is -0.983. The average Bonchev–Trinajstić information content (AvgIpc) is 3.32. The molecule has 3 aromatic heterocycles. The number of ketones is 1. The summed E-state index contributed by atoms with van der Waals surface area (Å²) in [6.45, 7) is 1.59. The molecule has 0 fully saturated rings. The minimum absolute atomic E-state index is 0.213. The fourth-order valence-corrected chi connectivity index (χ4v) is 4.70. The van der Waals surface area contributed by atoms with Crippen molar-refractivity contribution >= 4 is 38.7 Å². The van der Waals surface area contributed by atoms with Gasteiger partial charge in [-0.25, -0.2) is 9.97 Å². The molecule has 0 N–H and O–H groups in total. The first-order valence-electron chi connectivity index (χ1n) is 8.45. The number of carbonyl (C=O) groups is 1. The van der Waals surface area contributed by atoms with Gasteiger partial charge in [0.15, 0.2) is 11.7 Å². The number of carbonyl (C=O) groups excluding carboxylic acids is 1. The van der Waals surface area contributed by atoms with Crippen molar-refractivity contribution in [2.75, 3.05) is 0 Å². The van der Waals surface area contributed by atoms with E-state index in [1.807, 2.05) is 43.3 Å². The van der Waals surface area contributed by atoms with Crippen LogP contribution in [0.4, 0.5) is 0 Å². The standard InChI is InChI=1S/C20H14N4O2S2/c1-12-10-27-19(23-12)15(8-21)16(25)9-24-11-22-18-14(20(24)26)7-17(28-18)13-5-3-2-4-6-13/h2-7,10-11,15H,9H2,1H3. The highest BCUT2D eigenvalue weighted by Crippen LogP contribution is 2.30. The number of hydrogen-bond donors (Lipinski definition) is 0. The molecule has 1 unspecified atom stereocenters. The van der Waals surface area contributed by atoms with Crippen molar-refractivity contribution in [3.8, 4) is 16.5 Å². The smallest absolute Gasteiger partial charge is 0.262 e. The van der Waals surface area contributed by atoms with Gasteiger partial charge < -0.3 is 0 Å². The van der Waals surface area contributed by atoms with Crippen LogP contribution in [0.25, 0.3) is 20.7 Å². The fourth-order valence-electron chi connectivity index (χ4n) is 2.85. The van der Waals surface area contributed by atoms with Gasteiger partial charge in [0.05, 0.1) is 24.3 Å². The van der Waals surface area contributed by atoms with E-state index in [4.69, 9.17) is 0 Å². The number of nitrogens with zero attached hydrogens (tertiary/aromatic N) is 4. The number of Topliss-reactive ketones (excluding diaryl/α,β-unsaturated/α-hetero) is 1. The maximum absolute atomic E-state index is 12.8. The quantitative estimate of drug-likeness (QED) is 0.503. The molecule has 1 atom stereocenters. The molecule has 8 heteroatoms. The third-order valence-electron chi connectivity index (χ3n) is 4.24. The molecule has 0 aliphatic heterocycles. The Morgan fingerprint density at radius 1 is 1.32 bits per heavy atom. The topological polar surface area (TPSA) is 88.6 Å². The Balaban J connectivity index is 1.66. The van der Waals surface area contributed by atoms with E-state index in [2.05, 4.69) is 9.97 Å². The van der Waals surface area contributed by atoms with Crippen LogP contribution in [0.5, 0.6) is 0 Å². The molecule has 1 aromatic carbocycles. The zero-order valence-electron chi connectivity index (χ0n) is 14.8. The van der Waals surface area contributed by atoms with Crippen molar-refractivity contribution in [1.29, 1.82) is 5.26 Å². The molecule has 3 heterocycles. The number of aromatic nitrogens is 3. The molecule has 138 valence electrons. The van der Waals surface area contributed by atoms with E-state index in [-0.39, 0.29) is 17.9 Å². The van der Waals surface area contributed by atoms with Crippen molar-refractivity contribution in [1.82, 2.24) is 14.5 Å². The van der Waals surface area contributed by atoms with E-state index < -0.39 is 5.92 Å². The summed E-state index contributed by atoms with van der Waals surface area (Å²) in [5, 5.41) is 12.1. The van der Waals surface area contributed by atoms with Crippen LogP contribution in [0.1, 0.15) is 16.6 Å². The lowest BCUT2D eigenvalue weighted by atomic mass is 10.1. The van der Waals surface area contributed by atoms with Gasteiger partial charge in [-0.2, -0.15) is 5.26 Å². The van der Waals surface area contributed by atoms with Crippen molar-refractivity contribution in [3.63, 3.8) is 0 Å². The highest BCUT2D eigenvalue weighted by Gasteiger charge is 2.24. The van der Waals surface area contributed by atoms with E-state index in [0.29, 0.717) is 15.2 Å². The number of benzene rings is 1. The molecular weight excluding hydrogens is 392 g/mol. The Morgan fingerprint density at radius 2 is 2.11 bits per heavy atom. The normalized spacial score (nSPS) is 12.0. The molecule has 4 rings (SSSR count). The molecule has 0 radical (unpaired) electrons. The Kier molecular flexibility index (Phi) is 4.86. The van der Waals surface area contributed by atoms with Gasteiger partial charge in [-0.1, -0.05) is 30.3 Å². The number of thiophene rings is 1. The number of hydrogen-bond acceptors (Lipinski definition) is 7. The first-order valence-corrected chi connectivity index (χ1v) is 10.1. The van der Waals surface area contributed by atoms with Crippen molar-refractivity contribution in [2.45, 2.75) is 19.4 Å². The molecule has 0 amide bonds. The SMILES string of the molecule is Cc1csc(C(C#N)C(=O)Cn2cnc3sc(-c4ccccc4)cc3c2=O)n1. The van der Waals surface area contributed by atoms with Crippen molar-refractivity contribution < 1.29 is 4.79 Å². The highest BCUT2D eigenvalue weighted by atomic mass is 32.1. The van der Waals surface area contributed by atoms with Crippen molar-refractivity contribution in [2.24, 2.45) is 0 Å². The van der Waals surface area contributed by atoms with Gasteiger partial charge in [0, 0.05) is 16.0 Å². The molecule has 0 aliphatic carbocycles. The molecule has 0 aliphatic rings. The maximum atomic E-state index is 12.8. The van der Waals surface area contributed by atoms with Gasteiger partial charge in [-0.05, 0) is 18.6 Å². The van der Waals surface area contributed by atoms with Gasteiger partial charge in [0.1, 0.15) is 9.84 Å². The van der Waals surface area contributed by atoms with Crippen LogP contribution in [-0.2, 0) is 11.3 Å². The molecule has 0 bridgehead atoms. The second kappa shape index (κ2) is 7.46. The fraction of sp³-hybridized carbons (Fsp3) is 0.150. The minimum Gasteiger partial charge on any atom is -0.296 e. The van der Waals surface area contributed by atoms with Crippen LogP contribution < -0.4 is 5.56 Å². The van der Waals surface area contributed by atoms with Crippen LogP contribution in [0.15, 0.2) is 52.9 Å². The third-order valence-corrected chi connectivity index (χ3v) is 6.36. The Bertz CT molecular complexity index is 1260. The average molecular weight is 406 g/mol. The summed E-state index contributed by atoms with van der Waals surface area (Å²) in [6, 6.07) is 13.6. The number of thiazole rings is 1. The highest BCUT2D eigenvalue weighted by molar-refractivity contribution is 7.21. The summed E-state index contributed by atoms with van der Waals surface area (Å²) in [5.41, 5.74) is 1.49. The van der Waals surface area contributed by atoms with Gasteiger partial charge in [-0.15, -0.1) is 22.7 Å². The van der Waals surface area contributed by atoms with Crippen LogP contribution in [-0.4, -0.2) is 20.3 Å². The van der Waals surface area contributed by atoms with Crippen molar-refractivity contribution in [3.05, 3.63) is 69.2 Å². The van der Waals surface area contributed by atoms with E-state index in [1.165, 1.54) is 33.6 Å². The van der Waals surface area contributed by atoms with Crippen LogP contribution >= 0.6 is 22.7 Å². The largest absolute Gasteiger partial charge is 0.296 e. The summed E-state index contributed by atoms with van der Waals surface area (Å²) in [4.78, 5) is 35.6. The molecule has 4 aromatic rings. The number of nitriles is 1. The summed E-state index contributed by atoms with van der Waals surface area (Å²) in [5.74, 6) is -1.36. The van der Waals surface area contributed by atoms with E-state index in [1.54, 1.807) is 11.4 Å². The van der Waals surface area contributed by atoms with E-state index >= 15 is 0 Å². The molecular formula is C20H14N4O2S2.